The highest BCUT2D eigenvalue weighted by molar-refractivity contribution is 5.76. The molecule has 0 aliphatic carbocycles. The third kappa shape index (κ3) is 2.02. The molecule has 2 rings (SSSR count). The van der Waals surface area contributed by atoms with Crippen molar-refractivity contribution < 1.29 is 9.53 Å². The molecule has 0 saturated heterocycles. The van der Waals surface area contributed by atoms with Gasteiger partial charge in [-0.15, -0.1) is 0 Å². The van der Waals surface area contributed by atoms with Crippen molar-refractivity contribution in [3.8, 4) is 0 Å². The fourth-order valence-corrected chi connectivity index (χ4v) is 1.95. The standard InChI is InChI=1S/C12H15NO2/c1-8-3-4-9-6-11(12(14)15-2)13-7-10(9)5-8/h3-5,11,13H,6-7H2,1-2H3/t11-/m1/s1. The van der Waals surface area contributed by atoms with Crippen LogP contribution in [0.25, 0.3) is 0 Å². The molecule has 0 saturated carbocycles. The Morgan fingerprint density at radius 1 is 1.47 bits per heavy atom. The lowest BCUT2D eigenvalue weighted by molar-refractivity contribution is -0.143. The van der Waals surface area contributed by atoms with E-state index in [1.54, 1.807) is 0 Å². The number of esters is 1. The number of benzene rings is 1. The second kappa shape index (κ2) is 4.03. The average Bonchev–Trinajstić information content (AvgIpc) is 2.27. The van der Waals surface area contributed by atoms with Gasteiger partial charge in [0.1, 0.15) is 6.04 Å². The van der Waals surface area contributed by atoms with Crippen LogP contribution in [0.4, 0.5) is 0 Å². The largest absolute Gasteiger partial charge is 0.468 e. The predicted octanol–water partition coefficient (Wildman–Crippen LogP) is 1.18. The topological polar surface area (TPSA) is 38.3 Å². The summed E-state index contributed by atoms with van der Waals surface area (Å²) in [6.07, 6.45) is 0.724. The Morgan fingerprint density at radius 2 is 2.27 bits per heavy atom. The van der Waals surface area contributed by atoms with Gasteiger partial charge in [0.05, 0.1) is 7.11 Å². The number of hydrogen-bond donors (Lipinski definition) is 1. The van der Waals surface area contributed by atoms with Gasteiger partial charge in [-0.25, -0.2) is 0 Å². The summed E-state index contributed by atoms with van der Waals surface area (Å²) in [6, 6.07) is 6.15. The molecular weight excluding hydrogens is 190 g/mol. The molecule has 0 unspecified atom stereocenters. The monoisotopic (exact) mass is 205 g/mol. The molecule has 1 aliphatic rings. The first-order valence-corrected chi connectivity index (χ1v) is 5.10. The zero-order valence-corrected chi connectivity index (χ0v) is 9.04. The van der Waals surface area contributed by atoms with E-state index in [0.29, 0.717) is 0 Å². The van der Waals surface area contributed by atoms with Crippen molar-refractivity contribution in [1.29, 1.82) is 0 Å². The van der Waals surface area contributed by atoms with Gasteiger partial charge in [0.2, 0.25) is 0 Å². The molecule has 0 bridgehead atoms. The molecule has 1 aromatic rings. The van der Waals surface area contributed by atoms with Crippen LogP contribution in [0, 0.1) is 6.92 Å². The van der Waals surface area contributed by atoms with Crippen LogP contribution in [0.5, 0.6) is 0 Å². The molecule has 1 aromatic carbocycles. The Kier molecular flexibility index (Phi) is 2.73. The zero-order chi connectivity index (χ0) is 10.8. The Labute approximate surface area is 89.4 Å². The van der Waals surface area contributed by atoms with E-state index >= 15 is 0 Å². The van der Waals surface area contributed by atoms with Crippen LogP contribution in [-0.2, 0) is 22.5 Å². The normalized spacial score (nSPS) is 19.5. The number of ether oxygens (including phenoxy) is 1. The zero-order valence-electron chi connectivity index (χ0n) is 9.04. The molecule has 0 spiro atoms. The molecule has 1 atom stereocenters. The van der Waals surface area contributed by atoms with Crippen LogP contribution in [0.1, 0.15) is 16.7 Å². The summed E-state index contributed by atoms with van der Waals surface area (Å²) in [5.41, 5.74) is 3.79. The Hall–Kier alpha value is -1.35. The van der Waals surface area contributed by atoms with Gasteiger partial charge in [-0.2, -0.15) is 0 Å². The summed E-state index contributed by atoms with van der Waals surface area (Å²) in [4.78, 5) is 11.4. The van der Waals surface area contributed by atoms with Crippen molar-refractivity contribution in [3.05, 3.63) is 34.9 Å². The molecule has 0 radical (unpaired) electrons. The van der Waals surface area contributed by atoms with Crippen LogP contribution >= 0.6 is 0 Å². The third-order valence-electron chi connectivity index (χ3n) is 2.81. The lowest BCUT2D eigenvalue weighted by Crippen LogP contribution is -2.42. The summed E-state index contributed by atoms with van der Waals surface area (Å²) in [5.74, 6) is -0.179. The molecule has 0 amide bonds. The van der Waals surface area contributed by atoms with Crippen LogP contribution in [0.3, 0.4) is 0 Å². The highest BCUT2D eigenvalue weighted by atomic mass is 16.5. The Morgan fingerprint density at radius 3 is 3.00 bits per heavy atom. The second-order valence-electron chi connectivity index (χ2n) is 3.93. The summed E-state index contributed by atoms with van der Waals surface area (Å²) >= 11 is 0. The number of rotatable bonds is 1. The van der Waals surface area contributed by atoms with Gasteiger partial charge in [-0.1, -0.05) is 23.8 Å². The maximum Gasteiger partial charge on any atom is 0.323 e. The minimum atomic E-state index is -0.190. The first kappa shape index (κ1) is 10.2. The van der Waals surface area contributed by atoms with Crippen molar-refractivity contribution >= 4 is 5.97 Å². The smallest absolute Gasteiger partial charge is 0.323 e. The van der Waals surface area contributed by atoms with E-state index in [0.717, 1.165) is 13.0 Å². The molecule has 80 valence electrons. The van der Waals surface area contributed by atoms with Crippen molar-refractivity contribution in [3.63, 3.8) is 0 Å². The van der Waals surface area contributed by atoms with Gasteiger partial charge >= 0.3 is 5.97 Å². The van der Waals surface area contributed by atoms with Crippen molar-refractivity contribution in [2.24, 2.45) is 0 Å². The highest BCUT2D eigenvalue weighted by Gasteiger charge is 2.24. The molecule has 3 heteroatoms. The minimum absolute atomic E-state index is 0.179. The van der Waals surface area contributed by atoms with Crippen LogP contribution in [-0.4, -0.2) is 19.1 Å². The van der Waals surface area contributed by atoms with Gasteiger partial charge in [0.15, 0.2) is 0 Å². The van der Waals surface area contributed by atoms with Crippen molar-refractivity contribution in [2.45, 2.75) is 25.9 Å². The van der Waals surface area contributed by atoms with E-state index in [4.69, 9.17) is 4.74 Å². The summed E-state index contributed by atoms with van der Waals surface area (Å²) in [7, 11) is 1.43. The predicted molar refractivity (Wildman–Crippen MR) is 57.5 cm³/mol. The van der Waals surface area contributed by atoms with E-state index < -0.39 is 0 Å². The van der Waals surface area contributed by atoms with Crippen molar-refractivity contribution in [2.75, 3.05) is 7.11 Å². The highest BCUT2D eigenvalue weighted by Crippen LogP contribution is 2.18. The van der Waals surface area contributed by atoms with Gasteiger partial charge in [0, 0.05) is 6.54 Å². The lowest BCUT2D eigenvalue weighted by atomic mass is 9.94. The van der Waals surface area contributed by atoms with E-state index in [-0.39, 0.29) is 12.0 Å². The van der Waals surface area contributed by atoms with Gasteiger partial charge in [-0.05, 0) is 24.5 Å². The van der Waals surface area contributed by atoms with E-state index in [2.05, 4.69) is 30.4 Å². The number of nitrogens with one attached hydrogen (secondary N) is 1. The van der Waals surface area contributed by atoms with E-state index in [1.807, 2.05) is 0 Å². The molecule has 0 fully saturated rings. The third-order valence-corrected chi connectivity index (χ3v) is 2.81. The molecular formula is C12H15NO2. The number of carbonyl (C=O) groups is 1. The number of methoxy groups -OCH3 is 1. The van der Waals surface area contributed by atoms with Crippen LogP contribution < -0.4 is 5.32 Å². The number of carbonyl (C=O) groups excluding carboxylic acids is 1. The Bertz CT molecular complexity index is 387. The minimum Gasteiger partial charge on any atom is -0.468 e. The van der Waals surface area contributed by atoms with Gasteiger partial charge in [0.25, 0.3) is 0 Å². The molecule has 1 aliphatic heterocycles. The van der Waals surface area contributed by atoms with Crippen LogP contribution in [0.2, 0.25) is 0 Å². The number of fused-ring (bicyclic) bond motifs is 1. The average molecular weight is 205 g/mol. The number of aryl methyl sites for hydroxylation is 1. The molecule has 1 N–H and O–H groups in total. The van der Waals surface area contributed by atoms with Crippen LogP contribution in [0.15, 0.2) is 18.2 Å². The quantitative estimate of drug-likeness (QED) is 0.700. The first-order valence-electron chi connectivity index (χ1n) is 5.10. The molecule has 1 heterocycles. The molecule has 15 heavy (non-hydrogen) atoms. The first-order chi connectivity index (χ1) is 7.20. The fraction of sp³-hybridized carbons (Fsp3) is 0.417. The Balaban J connectivity index is 2.20. The number of hydrogen-bond acceptors (Lipinski definition) is 3. The summed E-state index contributed by atoms with van der Waals surface area (Å²) in [6.45, 7) is 2.82. The SMILES string of the molecule is COC(=O)[C@H]1Cc2ccc(C)cc2CN1. The van der Waals surface area contributed by atoms with Crippen molar-refractivity contribution in [1.82, 2.24) is 5.32 Å². The maximum absolute atomic E-state index is 11.4. The summed E-state index contributed by atoms with van der Waals surface area (Å²) in [5, 5.41) is 3.18. The van der Waals surface area contributed by atoms with Gasteiger partial charge in [-0.3, -0.25) is 4.79 Å². The maximum atomic E-state index is 11.4. The van der Waals surface area contributed by atoms with E-state index in [1.165, 1.54) is 23.8 Å². The van der Waals surface area contributed by atoms with Gasteiger partial charge < -0.3 is 10.1 Å². The molecule has 3 nitrogen and oxygen atoms in total. The second-order valence-corrected chi connectivity index (χ2v) is 3.93. The lowest BCUT2D eigenvalue weighted by Gasteiger charge is -2.24. The molecule has 0 aromatic heterocycles. The fourth-order valence-electron chi connectivity index (χ4n) is 1.95. The summed E-state index contributed by atoms with van der Waals surface area (Å²) < 4.78 is 4.73. The van der Waals surface area contributed by atoms with E-state index in [9.17, 15) is 4.79 Å².